The number of hydrogen-bond donors (Lipinski definition) is 2. The van der Waals surface area contributed by atoms with E-state index in [1.54, 1.807) is 7.11 Å². The van der Waals surface area contributed by atoms with E-state index in [4.69, 9.17) is 18.9 Å². The largest absolute Gasteiger partial charge is 0.483 e. The Morgan fingerprint density at radius 2 is 1.97 bits per heavy atom. The predicted molar refractivity (Wildman–Crippen MR) is 108 cm³/mol. The lowest BCUT2D eigenvalue weighted by Gasteiger charge is -2.31. The number of ether oxygens (including phenoxy) is 4. The van der Waals surface area contributed by atoms with Gasteiger partial charge in [0.1, 0.15) is 5.76 Å². The molecule has 0 radical (unpaired) electrons. The monoisotopic (exact) mass is 434 g/mol. The first kappa shape index (κ1) is 19.9. The first-order chi connectivity index (χ1) is 14.9. The summed E-state index contributed by atoms with van der Waals surface area (Å²) in [5.41, 5.74) is 4.58. The standard InChI is InChI=1S/C22H21F3N2O4/c1-28-10-14-13-7-18-19(30-11-29-18)8-17(13)27-16-4-2-3-15(21(14)16)26-9-12-5-6-20(31-12)22(23,24)25/h2-5,7-8,14,20,26-27H,6,9-11H2,1H3. The number of anilines is 3. The Hall–Kier alpha value is -3.07. The molecule has 0 aromatic heterocycles. The second-order valence-corrected chi connectivity index (χ2v) is 7.60. The van der Waals surface area contributed by atoms with Gasteiger partial charge < -0.3 is 29.6 Å². The van der Waals surface area contributed by atoms with Crippen molar-refractivity contribution in [3.63, 3.8) is 0 Å². The van der Waals surface area contributed by atoms with E-state index in [0.29, 0.717) is 18.1 Å². The second-order valence-electron chi connectivity index (χ2n) is 7.60. The third-order valence-corrected chi connectivity index (χ3v) is 5.65. The summed E-state index contributed by atoms with van der Waals surface area (Å²) in [5, 5.41) is 6.67. The maximum Gasteiger partial charge on any atom is 0.425 e. The van der Waals surface area contributed by atoms with Gasteiger partial charge in [-0.2, -0.15) is 13.2 Å². The topological polar surface area (TPSA) is 61.0 Å². The van der Waals surface area contributed by atoms with Crippen LogP contribution in [-0.4, -0.2) is 39.3 Å². The van der Waals surface area contributed by atoms with Gasteiger partial charge in [0.25, 0.3) is 0 Å². The molecule has 3 aliphatic rings. The molecule has 5 rings (SSSR count). The van der Waals surface area contributed by atoms with E-state index in [-0.39, 0.29) is 31.4 Å². The van der Waals surface area contributed by atoms with E-state index >= 15 is 0 Å². The molecule has 31 heavy (non-hydrogen) atoms. The lowest BCUT2D eigenvalue weighted by Crippen LogP contribution is -2.28. The van der Waals surface area contributed by atoms with Crippen molar-refractivity contribution in [2.75, 3.05) is 37.7 Å². The van der Waals surface area contributed by atoms with Crippen LogP contribution in [0.5, 0.6) is 11.5 Å². The van der Waals surface area contributed by atoms with Gasteiger partial charge in [-0.1, -0.05) is 6.07 Å². The minimum atomic E-state index is -4.37. The number of halogens is 3. The van der Waals surface area contributed by atoms with Crippen LogP contribution in [0.2, 0.25) is 0 Å². The summed E-state index contributed by atoms with van der Waals surface area (Å²) in [6, 6.07) is 9.61. The minimum absolute atomic E-state index is 0.101. The zero-order valence-electron chi connectivity index (χ0n) is 16.7. The molecule has 0 aliphatic carbocycles. The molecule has 0 bridgehead atoms. The average Bonchev–Trinajstić information content (AvgIpc) is 3.39. The third kappa shape index (κ3) is 3.63. The van der Waals surface area contributed by atoms with Gasteiger partial charge in [0, 0.05) is 48.1 Å². The van der Waals surface area contributed by atoms with Gasteiger partial charge in [-0.3, -0.25) is 0 Å². The fourth-order valence-electron chi connectivity index (χ4n) is 4.21. The highest BCUT2D eigenvalue weighted by Crippen LogP contribution is 2.49. The molecule has 0 amide bonds. The van der Waals surface area contributed by atoms with Crippen molar-refractivity contribution in [3.8, 4) is 11.5 Å². The summed E-state index contributed by atoms with van der Waals surface area (Å²) < 4.78 is 60.2. The summed E-state index contributed by atoms with van der Waals surface area (Å²) in [6.45, 7) is 0.771. The van der Waals surface area contributed by atoms with Crippen LogP contribution >= 0.6 is 0 Å². The van der Waals surface area contributed by atoms with Crippen molar-refractivity contribution < 1.29 is 32.1 Å². The normalized spacial score (nSPS) is 21.0. The molecule has 2 atom stereocenters. The van der Waals surface area contributed by atoms with Crippen LogP contribution in [0, 0.1) is 0 Å². The van der Waals surface area contributed by atoms with Gasteiger partial charge in [0.15, 0.2) is 17.6 Å². The third-order valence-electron chi connectivity index (χ3n) is 5.65. The Labute approximate surface area is 176 Å². The predicted octanol–water partition coefficient (Wildman–Crippen LogP) is 4.90. The fourth-order valence-corrected chi connectivity index (χ4v) is 4.21. The van der Waals surface area contributed by atoms with Crippen LogP contribution in [0.15, 0.2) is 42.2 Å². The van der Waals surface area contributed by atoms with Crippen LogP contribution < -0.4 is 20.1 Å². The zero-order chi connectivity index (χ0) is 21.6. The van der Waals surface area contributed by atoms with Gasteiger partial charge in [0.2, 0.25) is 6.79 Å². The van der Waals surface area contributed by atoms with Crippen LogP contribution in [0.1, 0.15) is 23.5 Å². The van der Waals surface area contributed by atoms with Crippen LogP contribution in [0.4, 0.5) is 30.2 Å². The van der Waals surface area contributed by atoms with Crippen LogP contribution in [-0.2, 0) is 9.47 Å². The second kappa shape index (κ2) is 7.56. The van der Waals surface area contributed by atoms with Gasteiger partial charge in [-0.15, -0.1) is 0 Å². The smallest absolute Gasteiger partial charge is 0.425 e. The Bertz CT molecular complexity index is 1040. The lowest BCUT2D eigenvalue weighted by molar-refractivity contribution is -0.202. The molecule has 3 aliphatic heterocycles. The molecular weight excluding hydrogens is 413 g/mol. The maximum atomic E-state index is 12.9. The zero-order valence-corrected chi connectivity index (χ0v) is 16.7. The maximum absolute atomic E-state index is 12.9. The fraction of sp³-hybridized carbons (Fsp3) is 0.364. The summed E-state index contributed by atoms with van der Waals surface area (Å²) in [7, 11) is 1.64. The van der Waals surface area contributed by atoms with Crippen molar-refractivity contribution >= 4 is 17.1 Å². The SMILES string of the molecule is COCC1c2cc3c(cc2Nc2cccc(NCC4=CCC(C(F)(F)F)O4)c21)OCO3. The molecule has 0 saturated heterocycles. The molecule has 2 N–H and O–H groups in total. The van der Waals surface area contributed by atoms with Crippen LogP contribution in [0.3, 0.4) is 0 Å². The number of methoxy groups -OCH3 is 1. The Kier molecular flexibility index (Phi) is 4.85. The molecule has 2 aromatic rings. The van der Waals surface area contributed by atoms with E-state index in [0.717, 1.165) is 28.2 Å². The highest BCUT2D eigenvalue weighted by Gasteiger charge is 2.43. The first-order valence-electron chi connectivity index (χ1n) is 9.92. The average molecular weight is 434 g/mol. The van der Waals surface area contributed by atoms with Crippen LogP contribution in [0.25, 0.3) is 0 Å². The lowest BCUT2D eigenvalue weighted by atomic mass is 9.85. The summed E-state index contributed by atoms with van der Waals surface area (Å²) in [5.74, 6) is 1.55. The van der Waals surface area contributed by atoms with E-state index in [9.17, 15) is 13.2 Å². The molecular formula is C22H21F3N2O4. The Balaban J connectivity index is 1.42. The molecule has 164 valence electrons. The molecule has 3 heterocycles. The molecule has 2 aromatic carbocycles. The summed E-state index contributed by atoms with van der Waals surface area (Å²) >= 11 is 0. The van der Waals surface area contributed by atoms with Crippen molar-refractivity contribution in [3.05, 3.63) is 53.3 Å². The summed E-state index contributed by atoms with van der Waals surface area (Å²) in [6.07, 6.45) is -4.82. The molecule has 6 nitrogen and oxygen atoms in total. The molecule has 2 unspecified atom stereocenters. The van der Waals surface area contributed by atoms with E-state index in [1.807, 2.05) is 30.3 Å². The van der Waals surface area contributed by atoms with Gasteiger partial charge in [-0.25, -0.2) is 0 Å². The number of fused-ring (bicyclic) bond motifs is 3. The van der Waals surface area contributed by atoms with E-state index in [1.165, 1.54) is 6.08 Å². The van der Waals surface area contributed by atoms with Crippen molar-refractivity contribution in [2.24, 2.45) is 0 Å². The number of rotatable bonds is 5. The summed E-state index contributed by atoms with van der Waals surface area (Å²) in [4.78, 5) is 0. The molecule has 9 heteroatoms. The molecule has 0 spiro atoms. The van der Waals surface area contributed by atoms with Gasteiger partial charge >= 0.3 is 6.18 Å². The first-order valence-corrected chi connectivity index (χ1v) is 9.92. The Morgan fingerprint density at radius 3 is 2.71 bits per heavy atom. The van der Waals surface area contributed by atoms with Crippen molar-refractivity contribution in [2.45, 2.75) is 24.6 Å². The number of hydrogen-bond acceptors (Lipinski definition) is 6. The molecule has 0 saturated carbocycles. The quantitative estimate of drug-likeness (QED) is 0.698. The van der Waals surface area contributed by atoms with Gasteiger partial charge in [0.05, 0.1) is 13.2 Å². The highest BCUT2D eigenvalue weighted by molar-refractivity contribution is 5.81. The number of benzene rings is 2. The van der Waals surface area contributed by atoms with E-state index in [2.05, 4.69) is 10.6 Å². The van der Waals surface area contributed by atoms with Crippen molar-refractivity contribution in [1.82, 2.24) is 0 Å². The minimum Gasteiger partial charge on any atom is -0.483 e. The van der Waals surface area contributed by atoms with E-state index < -0.39 is 12.3 Å². The van der Waals surface area contributed by atoms with Gasteiger partial charge in [-0.05, 0) is 29.8 Å². The number of alkyl halides is 3. The highest BCUT2D eigenvalue weighted by atomic mass is 19.4. The number of nitrogens with one attached hydrogen (secondary N) is 2. The Morgan fingerprint density at radius 1 is 1.16 bits per heavy atom. The van der Waals surface area contributed by atoms with Crippen molar-refractivity contribution in [1.29, 1.82) is 0 Å². The molecule has 0 fully saturated rings.